The van der Waals surface area contributed by atoms with Gasteiger partial charge in [-0.15, -0.1) is 0 Å². The van der Waals surface area contributed by atoms with Crippen molar-refractivity contribution in [2.45, 2.75) is 32.4 Å². The molecule has 150 valence electrons. The van der Waals surface area contributed by atoms with Gasteiger partial charge in [-0.1, -0.05) is 30.3 Å². The number of carbonyl (C=O) groups is 2. The lowest BCUT2D eigenvalue weighted by Gasteiger charge is -2.42. The third-order valence-electron chi connectivity index (χ3n) is 4.02. The van der Waals surface area contributed by atoms with E-state index in [1.54, 1.807) is 30.6 Å². The number of hydrogen-bond acceptors (Lipinski definition) is 5. The SMILES string of the molecule is CC(C)(C)OC(=O)N1CCN(C(=O)CNS(C)(=O)=O)[C@H](c2ccccc2)C1. The second-order valence-electron chi connectivity index (χ2n) is 7.53. The molecule has 2 rings (SSSR count). The predicted molar refractivity (Wildman–Crippen MR) is 102 cm³/mol. The molecule has 1 aromatic carbocycles. The Morgan fingerprint density at radius 2 is 1.81 bits per heavy atom. The van der Waals surface area contributed by atoms with E-state index < -0.39 is 21.7 Å². The molecule has 1 aromatic rings. The number of benzene rings is 1. The number of rotatable bonds is 4. The summed E-state index contributed by atoms with van der Waals surface area (Å²) in [5, 5.41) is 0. The van der Waals surface area contributed by atoms with E-state index >= 15 is 0 Å². The molecule has 0 radical (unpaired) electrons. The average molecular weight is 397 g/mol. The maximum atomic E-state index is 12.6. The van der Waals surface area contributed by atoms with Crippen LogP contribution in [0.4, 0.5) is 4.79 Å². The number of piperazine rings is 1. The molecule has 0 bridgehead atoms. The molecule has 1 heterocycles. The summed E-state index contributed by atoms with van der Waals surface area (Å²) in [5.74, 6) is -0.335. The van der Waals surface area contributed by atoms with Gasteiger partial charge in [0.1, 0.15) is 5.60 Å². The maximum absolute atomic E-state index is 12.6. The van der Waals surface area contributed by atoms with E-state index in [-0.39, 0.29) is 25.0 Å². The third-order valence-corrected chi connectivity index (χ3v) is 4.69. The number of ether oxygens (including phenoxy) is 1. The van der Waals surface area contributed by atoms with E-state index in [1.807, 2.05) is 30.3 Å². The first kappa shape index (κ1) is 21.2. The van der Waals surface area contributed by atoms with E-state index in [0.717, 1.165) is 11.8 Å². The van der Waals surface area contributed by atoms with Gasteiger partial charge in [0.25, 0.3) is 0 Å². The molecule has 1 fully saturated rings. The number of amides is 2. The number of nitrogens with zero attached hydrogens (tertiary/aromatic N) is 2. The highest BCUT2D eigenvalue weighted by Gasteiger charge is 2.35. The molecule has 27 heavy (non-hydrogen) atoms. The number of hydrogen-bond donors (Lipinski definition) is 1. The van der Waals surface area contributed by atoms with E-state index in [1.165, 1.54) is 0 Å². The topological polar surface area (TPSA) is 96.0 Å². The fourth-order valence-electron chi connectivity index (χ4n) is 2.83. The molecular weight excluding hydrogens is 370 g/mol. The fourth-order valence-corrected chi connectivity index (χ4v) is 3.21. The Hall–Kier alpha value is -2.13. The lowest BCUT2D eigenvalue weighted by atomic mass is 10.0. The Balaban J connectivity index is 2.18. The summed E-state index contributed by atoms with van der Waals surface area (Å²) in [7, 11) is -3.47. The molecule has 0 unspecified atom stereocenters. The van der Waals surface area contributed by atoms with Gasteiger partial charge in [0.05, 0.1) is 18.8 Å². The van der Waals surface area contributed by atoms with E-state index in [4.69, 9.17) is 4.74 Å². The van der Waals surface area contributed by atoms with Crippen molar-refractivity contribution in [2.24, 2.45) is 0 Å². The standard InChI is InChI=1S/C18H27N3O5S/c1-18(2,3)26-17(23)20-10-11-21(16(22)12-19-27(4,24)25)15(13-20)14-8-6-5-7-9-14/h5-9,15,19H,10-13H2,1-4H3/t15-/m0/s1. The summed E-state index contributed by atoms with van der Waals surface area (Å²) >= 11 is 0. The molecule has 1 atom stereocenters. The van der Waals surface area contributed by atoms with Crippen LogP contribution in [0.2, 0.25) is 0 Å². The van der Waals surface area contributed by atoms with Crippen LogP contribution in [0.5, 0.6) is 0 Å². The summed E-state index contributed by atoms with van der Waals surface area (Å²) < 4.78 is 30.3. The van der Waals surface area contributed by atoms with E-state index in [2.05, 4.69) is 4.72 Å². The van der Waals surface area contributed by atoms with Crippen molar-refractivity contribution < 1.29 is 22.7 Å². The maximum Gasteiger partial charge on any atom is 0.410 e. The zero-order valence-electron chi connectivity index (χ0n) is 16.1. The quantitative estimate of drug-likeness (QED) is 0.828. The molecule has 0 aliphatic carbocycles. The Kier molecular flexibility index (Phi) is 6.48. The fraction of sp³-hybridized carbons (Fsp3) is 0.556. The Morgan fingerprint density at radius 1 is 1.19 bits per heavy atom. The summed E-state index contributed by atoms with van der Waals surface area (Å²) in [6.45, 7) is 5.99. The van der Waals surface area contributed by atoms with Crippen molar-refractivity contribution in [3.63, 3.8) is 0 Å². The molecule has 2 amide bonds. The summed E-state index contributed by atoms with van der Waals surface area (Å²) in [5.41, 5.74) is 0.268. The minimum Gasteiger partial charge on any atom is -0.444 e. The molecular formula is C18H27N3O5S. The molecule has 0 spiro atoms. The smallest absolute Gasteiger partial charge is 0.410 e. The van der Waals surface area contributed by atoms with Crippen LogP contribution in [-0.4, -0.2) is 68.3 Å². The Labute approximate surface area is 160 Å². The normalized spacial score (nSPS) is 18.3. The van der Waals surface area contributed by atoms with Gasteiger partial charge in [0.2, 0.25) is 15.9 Å². The zero-order valence-corrected chi connectivity index (χ0v) is 17.0. The Bertz CT molecular complexity index is 774. The summed E-state index contributed by atoms with van der Waals surface area (Å²) in [6.07, 6.45) is 0.583. The van der Waals surface area contributed by atoms with Crippen molar-refractivity contribution in [1.29, 1.82) is 0 Å². The lowest BCUT2D eigenvalue weighted by Crippen LogP contribution is -2.54. The highest BCUT2D eigenvalue weighted by Crippen LogP contribution is 2.26. The van der Waals surface area contributed by atoms with Crippen molar-refractivity contribution in [2.75, 3.05) is 32.4 Å². The molecule has 1 saturated heterocycles. The van der Waals surface area contributed by atoms with Gasteiger partial charge in [0.15, 0.2) is 0 Å². The molecule has 0 aromatic heterocycles. The van der Waals surface area contributed by atoms with Crippen LogP contribution < -0.4 is 4.72 Å². The van der Waals surface area contributed by atoms with Crippen molar-refractivity contribution >= 4 is 22.0 Å². The molecule has 1 aliphatic heterocycles. The van der Waals surface area contributed by atoms with Crippen LogP contribution in [0, 0.1) is 0 Å². The van der Waals surface area contributed by atoms with Gasteiger partial charge in [-0.2, -0.15) is 0 Å². The second kappa shape index (κ2) is 8.26. The van der Waals surface area contributed by atoms with Gasteiger partial charge in [-0.25, -0.2) is 17.9 Å². The van der Waals surface area contributed by atoms with Crippen LogP contribution in [0.15, 0.2) is 30.3 Å². The minimum atomic E-state index is -3.47. The average Bonchev–Trinajstić information content (AvgIpc) is 2.58. The summed E-state index contributed by atoms with van der Waals surface area (Å²) in [4.78, 5) is 28.2. The summed E-state index contributed by atoms with van der Waals surface area (Å²) in [6, 6.07) is 8.98. The molecule has 8 nitrogen and oxygen atoms in total. The second-order valence-corrected chi connectivity index (χ2v) is 9.37. The Morgan fingerprint density at radius 3 is 2.37 bits per heavy atom. The predicted octanol–water partition coefficient (Wildman–Crippen LogP) is 1.36. The van der Waals surface area contributed by atoms with E-state index in [9.17, 15) is 18.0 Å². The highest BCUT2D eigenvalue weighted by molar-refractivity contribution is 7.88. The highest BCUT2D eigenvalue weighted by atomic mass is 32.2. The van der Waals surface area contributed by atoms with Crippen molar-refractivity contribution in [3.05, 3.63) is 35.9 Å². The largest absolute Gasteiger partial charge is 0.444 e. The first-order valence-electron chi connectivity index (χ1n) is 8.73. The van der Waals surface area contributed by atoms with Crippen molar-refractivity contribution in [3.8, 4) is 0 Å². The van der Waals surface area contributed by atoms with Crippen LogP contribution >= 0.6 is 0 Å². The third kappa shape index (κ3) is 6.51. The van der Waals surface area contributed by atoms with Gasteiger partial charge in [-0.3, -0.25) is 4.79 Å². The van der Waals surface area contributed by atoms with Gasteiger partial charge < -0.3 is 14.5 Å². The van der Waals surface area contributed by atoms with Crippen LogP contribution in [-0.2, 0) is 19.6 Å². The zero-order chi connectivity index (χ0) is 20.2. The first-order valence-corrected chi connectivity index (χ1v) is 10.6. The van der Waals surface area contributed by atoms with Gasteiger partial charge in [-0.05, 0) is 26.3 Å². The van der Waals surface area contributed by atoms with Gasteiger partial charge >= 0.3 is 6.09 Å². The molecule has 0 saturated carbocycles. The number of nitrogens with one attached hydrogen (secondary N) is 1. The lowest BCUT2D eigenvalue weighted by molar-refractivity contribution is -0.135. The molecule has 1 aliphatic rings. The van der Waals surface area contributed by atoms with Crippen LogP contribution in [0.3, 0.4) is 0 Å². The van der Waals surface area contributed by atoms with Gasteiger partial charge in [0, 0.05) is 19.6 Å². The van der Waals surface area contributed by atoms with E-state index in [0.29, 0.717) is 13.1 Å². The van der Waals surface area contributed by atoms with Crippen LogP contribution in [0.1, 0.15) is 32.4 Å². The first-order chi connectivity index (χ1) is 12.5. The number of carbonyl (C=O) groups excluding carboxylic acids is 2. The molecule has 1 N–H and O–H groups in total. The minimum absolute atomic E-state index is 0.281. The van der Waals surface area contributed by atoms with Crippen LogP contribution in [0.25, 0.3) is 0 Å². The monoisotopic (exact) mass is 397 g/mol. The van der Waals surface area contributed by atoms with Crippen molar-refractivity contribution in [1.82, 2.24) is 14.5 Å². The number of sulfonamides is 1. The molecule has 9 heteroatoms.